The average molecular weight is 239 g/mol. The van der Waals surface area contributed by atoms with Crippen LogP contribution in [0.4, 0.5) is 0 Å². The zero-order valence-corrected chi connectivity index (χ0v) is 10.00. The number of aromatic nitrogens is 1. The van der Waals surface area contributed by atoms with Crippen molar-refractivity contribution in [3.8, 4) is 17.7 Å². The normalized spacial score (nSPS) is 11.6. The second kappa shape index (κ2) is 5.30. The van der Waals surface area contributed by atoms with Gasteiger partial charge in [-0.05, 0) is 31.2 Å². The quantitative estimate of drug-likeness (QED) is 0.893. The first kappa shape index (κ1) is 12.1. The zero-order chi connectivity index (χ0) is 13.0. The number of rotatable bonds is 3. The Kier molecular flexibility index (Phi) is 3.56. The van der Waals surface area contributed by atoms with E-state index in [9.17, 15) is 0 Å². The molecule has 1 aromatic carbocycles. The van der Waals surface area contributed by atoms with Crippen molar-refractivity contribution in [1.29, 1.82) is 5.26 Å². The van der Waals surface area contributed by atoms with Gasteiger partial charge in [0.05, 0.1) is 11.6 Å². The summed E-state index contributed by atoms with van der Waals surface area (Å²) in [6, 6.07) is 12.5. The number of pyridine rings is 1. The Morgan fingerprint density at radius 3 is 2.89 bits per heavy atom. The summed E-state index contributed by atoms with van der Waals surface area (Å²) in [5.74, 6) is 1.05. The smallest absolute Gasteiger partial charge is 0.223 e. The first-order valence-electron chi connectivity index (χ1n) is 5.59. The summed E-state index contributed by atoms with van der Waals surface area (Å²) in [6.45, 7) is 1.87. The zero-order valence-electron chi connectivity index (χ0n) is 10.00. The third-order valence-electron chi connectivity index (χ3n) is 2.47. The van der Waals surface area contributed by atoms with Crippen LogP contribution >= 0.6 is 0 Å². The van der Waals surface area contributed by atoms with Crippen molar-refractivity contribution in [2.75, 3.05) is 0 Å². The van der Waals surface area contributed by atoms with E-state index in [0.29, 0.717) is 17.2 Å². The molecule has 0 bridgehead atoms. The average Bonchev–Trinajstić information content (AvgIpc) is 2.39. The number of ether oxygens (including phenoxy) is 1. The molecule has 0 aliphatic rings. The molecule has 4 heteroatoms. The van der Waals surface area contributed by atoms with E-state index in [2.05, 4.69) is 11.1 Å². The van der Waals surface area contributed by atoms with E-state index in [1.54, 1.807) is 30.5 Å². The van der Waals surface area contributed by atoms with Gasteiger partial charge in [-0.2, -0.15) is 5.26 Å². The van der Waals surface area contributed by atoms with E-state index in [4.69, 9.17) is 15.7 Å². The molecule has 18 heavy (non-hydrogen) atoms. The Hall–Kier alpha value is -2.38. The summed E-state index contributed by atoms with van der Waals surface area (Å²) >= 11 is 0. The van der Waals surface area contributed by atoms with Gasteiger partial charge < -0.3 is 10.5 Å². The molecule has 0 spiro atoms. The van der Waals surface area contributed by atoms with Crippen molar-refractivity contribution < 1.29 is 4.74 Å². The molecule has 90 valence electrons. The SMILES string of the molecule is C[C@H](N)c1cccnc1Oc1cccc(C#N)c1. The van der Waals surface area contributed by atoms with E-state index in [-0.39, 0.29) is 6.04 Å². The van der Waals surface area contributed by atoms with E-state index >= 15 is 0 Å². The van der Waals surface area contributed by atoms with Crippen LogP contribution in [0.3, 0.4) is 0 Å². The number of nitriles is 1. The molecule has 0 radical (unpaired) electrons. The fourth-order valence-corrected chi connectivity index (χ4v) is 1.58. The van der Waals surface area contributed by atoms with Crippen LogP contribution in [0.5, 0.6) is 11.6 Å². The van der Waals surface area contributed by atoms with Crippen LogP contribution < -0.4 is 10.5 Å². The molecule has 2 rings (SSSR count). The van der Waals surface area contributed by atoms with Gasteiger partial charge >= 0.3 is 0 Å². The van der Waals surface area contributed by atoms with Crippen LogP contribution in [-0.4, -0.2) is 4.98 Å². The summed E-state index contributed by atoms with van der Waals surface area (Å²) in [7, 11) is 0. The molecule has 1 atom stereocenters. The standard InChI is InChI=1S/C14H13N3O/c1-10(16)13-6-3-7-17-14(13)18-12-5-2-4-11(8-12)9-15/h2-8,10H,16H2,1H3/t10-/m0/s1. The van der Waals surface area contributed by atoms with Crippen LogP contribution in [0.2, 0.25) is 0 Å². The number of benzene rings is 1. The van der Waals surface area contributed by atoms with E-state index in [1.165, 1.54) is 0 Å². The maximum absolute atomic E-state index is 8.83. The van der Waals surface area contributed by atoms with Crippen molar-refractivity contribution in [3.05, 3.63) is 53.7 Å². The highest BCUT2D eigenvalue weighted by atomic mass is 16.5. The van der Waals surface area contributed by atoms with Gasteiger partial charge in [0, 0.05) is 17.8 Å². The van der Waals surface area contributed by atoms with Crippen LogP contribution in [0.25, 0.3) is 0 Å². The Morgan fingerprint density at radius 2 is 2.17 bits per heavy atom. The van der Waals surface area contributed by atoms with Crippen molar-refractivity contribution in [3.63, 3.8) is 0 Å². The van der Waals surface area contributed by atoms with E-state index in [0.717, 1.165) is 5.56 Å². The van der Waals surface area contributed by atoms with Gasteiger partial charge in [0.2, 0.25) is 5.88 Å². The van der Waals surface area contributed by atoms with Gasteiger partial charge in [-0.25, -0.2) is 4.98 Å². The Labute approximate surface area is 106 Å². The van der Waals surface area contributed by atoms with Gasteiger partial charge in [-0.15, -0.1) is 0 Å². The molecule has 0 saturated carbocycles. The summed E-state index contributed by atoms with van der Waals surface area (Å²) < 4.78 is 5.67. The third-order valence-corrected chi connectivity index (χ3v) is 2.47. The molecule has 0 amide bonds. The topological polar surface area (TPSA) is 71.9 Å². The maximum Gasteiger partial charge on any atom is 0.223 e. The fourth-order valence-electron chi connectivity index (χ4n) is 1.58. The number of nitrogens with two attached hydrogens (primary N) is 1. The molecule has 2 N–H and O–H groups in total. The maximum atomic E-state index is 8.83. The second-order valence-corrected chi connectivity index (χ2v) is 3.93. The van der Waals surface area contributed by atoms with Crippen molar-refractivity contribution in [1.82, 2.24) is 4.98 Å². The lowest BCUT2D eigenvalue weighted by molar-refractivity contribution is 0.452. The molecule has 0 fully saturated rings. The van der Waals surface area contributed by atoms with E-state index < -0.39 is 0 Å². The Bertz CT molecular complexity index is 588. The molecule has 0 aliphatic heterocycles. The molecular formula is C14H13N3O. The summed E-state index contributed by atoms with van der Waals surface area (Å²) in [5, 5.41) is 8.83. The Balaban J connectivity index is 2.31. The Morgan fingerprint density at radius 1 is 1.33 bits per heavy atom. The van der Waals surface area contributed by atoms with E-state index in [1.807, 2.05) is 19.1 Å². The summed E-state index contributed by atoms with van der Waals surface area (Å²) in [4.78, 5) is 4.17. The van der Waals surface area contributed by atoms with Crippen molar-refractivity contribution >= 4 is 0 Å². The highest BCUT2D eigenvalue weighted by molar-refractivity contribution is 5.39. The minimum Gasteiger partial charge on any atom is -0.439 e. The van der Waals surface area contributed by atoms with Gasteiger partial charge in [-0.3, -0.25) is 0 Å². The molecule has 2 aromatic rings. The molecule has 0 saturated heterocycles. The molecule has 4 nitrogen and oxygen atoms in total. The summed E-state index contributed by atoms with van der Waals surface area (Å²) in [5.41, 5.74) is 7.23. The fraction of sp³-hybridized carbons (Fsp3) is 0.143. The summed E-state index contributed by atoms with van der Waals surface area (Å²) in [6.07, 6.45) is 1.65. The molecule has 0 unspecified atom stereocenters. The molecule has 1 heterocycles. The van der Waals surface area contributed by atoms with Crippen LogP contribution in [0.15, 0.2) is 42.6 Å². The van der Waals surface area contributed by atoms with Crippen molar-refractivity contribution in [2.45, 2.75) is 13.0 Å². The predicted octanol–water partition coefficient (Wildman–Crippen LogP) is 2.77. The first-order valence-corrected chi connectivity index (χ1v) is 5.59. The van der Waals surface area contributed by atoms with Crippen LogP contribution in [0, 0.1) is 11.3 Å². The minimum absolute atomic E-state index is 0.159. The lowest BCUT2D eigenvalue weighted by Crippen LogP contribution is -2.07. The van der Waals surface area contributed by atoms with Gasteiger partial charge in [-0.1, -0.05) is 12.1 Å². The largest absolute Gasteiger partial charge is 0.439 e. The number of hydrogen-bond acceptors (Lipinski definition) is 4. The first-order chi connectivity index (χ1) is 8.70. The lowest BCUT2D eigenvalue weighted by atomic mass is 10.1. The lowest BCUT2D eigenvalue weighted by Gasteiger charge is -2.12. The molecule has 0 aliphatic carbocycles. The monoisotopic (exact) mass is 239 g/mol. The van der Waals surface area contributed by atoms with Crippen LogP contribution in [0.1, 0.15) is 24.1 Å². The van der Waals surface area contributed by atoms with Gasteiger partial charge in [0.15, 0.2) is 0 Å². The number of hydrogen-bond donors (Lipinski definition) is 1. The molecular weight excluding hydrogens is 226 g/mol. The van der Waals surface area contributed by atoms with Gasteiger partial charge in [0.25, 0.3) is 0 Å². The second-order valence-electron chi connectivity index (χ2n) is 3.93. The highest BCUT2D eigenvalue weighted by Gasteiger charge is 2.09. The predicted molar refractivity (Wildman–Crippen MR) is 68.1 cm³/mol. The third kappa shape index (κ3) is 2.65. The van der Waals surface area contributed by atoms with Gasteiger partial charge in [0.1, 0.15) is 5.75 Å². The highest BCUT2D eigenvalue weighted by Crippen LogP contribution is 2.26. The van der Waals surface area contributed by atoms with Crippen molar-refractivity contribution in [2.24, 2.45) is 5.73 Å². The number of nitrogens with zero attached hydrogens (tertiary/aromatic N) is 2. The molecule has 1 aromatic heterocycles. The minimum atomic E-state index is -0.159. The van der Waals surface area contributed by atoms with Crippen LogP contribution in [-0.2, 0) is 0 Å².